The summed E-state index contributed by atoms with van der Waals surface area (Å²) in [6.07, 6.45) is 1.56. The third-order valence-corrected chi connectivity index (χ3v) is 3.99. The number of methoxy groups -OCH3 is 1. The van der Waals surface area contributed by atoms with Gasteiger partial charge in [-0.05, 0) is 44.2 Å². The Morgan fingerprint density at radius 3 is 3.09 bits per heavy atom. The molecule has 2 atom stereocenters. The number of nitrogens with zero attached hydrogens (tertiary/aromatic N) is 2. The molecule has 6 heteroatoms. The molecule has 0 aliphatic carbocycles. The van der Waals surface area contributed by atoms with Crippen LogP contribution in [-0.4, -0.2) is 36.9 Å². The minimum absolute atomic E-state index is 0.0887. The first-order chi connectivity index (χ1) is 10.7. The van der Waals surface area contributed by atoms with E-state index >= 15 is 0 Å². The van der Waals surface area contributed by atoms with E-state index in [1.807, 2.05) is 25.2 Å². The van der Waals surface area contributed by atoms with Gasteiger partial charge < -0.3 is 19.3 Å². The van der Waals surface area contributed by atoms with Crippen LogP contribution in [0.15, 0.2) is 22.7 Å². The topological polar surface area (TPSA) is 69.4 Å². The molecular formula is C16H21N3O3. The highest BCUT2D eigenvalue weighted by molar-refractivity contribution is 5.42. The predicted octanol–water partition coefficient (Wildman–Crippen LogP) is 1.95. The van der Waals surface area contributed by atoms with Crippen LogP contribution in [0.2, 0.25) is 0 Å². The summed E-state index contributed by atoms with van der Waals surface area (Å²) in [6, 6.07) is 6.17. The van der Waals surface area contributed by atoms with Gasteiger partial charge in [-0.15, -0.1) is 0 Å². The Morgan fingerprint density at radius 1 is 1.45 bits per heavy atom. The molecule has 118 valence electrons. The van der Waals surface area contributed by atoms with Crippen molar-refractivity contribution in [2.75, 3.05) is 20.8 Å². The number of rotatable bonds is 5. The average molecular weight is 303 g/mol. The number of hydrogen-bond acceptors (Lipinski definition) is 6. The van der Waals surface area contributed by atoms with Crippen molar-refractivity contribution in [2.24, 2.45) is 0 Å². The minimum Gasteiger partial charge on any atom is -0.497 e. The van der Waals surface area contributed by atoms with Crippen LogP contribution < -0.4 is 14.8 Å². The lowest BCUT2D eigenvalue weighted by Crippen LogP contribution is -2.24. The number of nitrogens with one attached hydrogen (secondary N) is 1. The summed E-state index contributed by atoms with van der Waals surface area (Å²) in [4.78, 5) is 4.51. The van der Waals surface area contributed by atoms with Crippen LogP contribution in [0.5, 0.6) is 11.5 Å². The molecule has 1 N–H and O–H groups in total. The van der Waals surface area contributed by atoms with Gasteiger partial charge >= 0.3 is 0 Å². The normalized spacial score (nSPS) is 18.4. The second-order valence-corrected chi connectivity index (χ2v) is 5.63. The maximum atomic E-state index is 5.81. The van der Waals surface area contributed by atoms with Gasteiger partial charge in [0.15, 0.2) is 5.82 Å². The fourth-order valence-corrected chi connectivity index (χ4v) is 2.55. The lowest BCUT2D eigenvalue weighted by molar-refractivity contribution is 0.229. The number of benzene rings is 1. The van der Waals surface area contributed by atoms with Crippen LogP contribution in [0, 0.1) is 0 Å². The first-order valence-electron chi connectivity index (χ1n) is 7.49. The zero-order chi connectivity index (χ0) is 15.5. The van der Waals surface area contributed by atoms with Crippen LogP contribution in [0.1, 0.15) is 30.1 Å². The summed E-state index contributed by atoms with van der Waals surface area (Å²) in [5.41, 5.74) is 1.11. The molecule has 1 aromatic heterocycles. The summed E-state index contributed by atoms with van der Waals surface area (Å²) in [5, 5.41) is 7.23. The molecule has 0 fully saturated rings. The zero-order valence-corrected chi connectivity index (χ0v) is 13.1. The Morgan fingerprint density at radius 2 is 2.32 bits per heavy atom. The maximum absolute atomic E-state index is 5.81. The summed E-state index contributed by atoms with van der Waals surface area (Å²) in [5.74, 6) is 3.20. The van der Waals surface area contributed by atoms with Crippen LogP contribution in [0.25, 0.3) is 0 Å². The van der Waals surface area contributed by atoms with Gasteiger partial charge in [-0.2, -0.15) is 4.98 Å². The molecule has 0 spiro atoms. The van der Waals surface area contributed by atoms with E-state index in [0.29, 0.717) is 18.5 Å². The standard InChI is InChI=1S/C16H21N3O3/c1-10(17-2)6-15-18-16(22-19-15)12-7-11-8-13(20-3)4-5-14(11)21-9-12/h4-5,8,10,12,17H,6-7,9H2,1-3H3. The first-order valence-corrected chi connectivity index (χ1v) is 7.49. The zero-order valence-electron chi connectivity index (χ0n) is 13.1. The molecular weight excluding hydrogens is 282 g/mol. The number of ether oxygens (including phenoxy) is 2. The monoisotopic (exact) mass is 303 g/mol. The summed E-state index contributed by atoms with van der Waals surface area (Å²) in [7, 11) is 3.58. The van der Waals surface area contributed by atoms with Crippen molar-refractivity contribution in [3.05, 3.63) is 35.5 Å². The number of fused-ring (bicyclic) bond motifs is 1. The van der Waals surface area contributed by atoms with Crippen molar-refractivity contribution in [2.45, 2.75) is 31.7 Å². The van der Waals surface area contributed by atoms with Crippen LogP contribution in [0.3, 0.4) is 0 Å². The van der Waals surface area contributed by atoms with E-state index < -0.39 is 0 Å². The van der Waals surface area contributed by atoms with Crippen LogP contribution >= 0.6 is 0 Å². The lowest BCUT2D eigenvalue weighted by Gasteiger charge is -2.23. The van der Waals surface area contributed by atoms with Gasteiger partial charge in [0.2, 0.25) is 5.89 Å². The quantitative estimate of drug-likeness (QED) is 0.910. The smallest absolute Gasteiger partial charge is 0.233 e. The Balaban J connectivity index is 1.74. The van der Waals surface area contributed by atoms with Crippen molar-refractivity contribution < 1.29 is 14.0 Å². The first kappa shape index (κ1) is 14.8. The molecule has 0 amide bonds. The SMILES string of the molecule is CNC(C)Cc1noc(C2COc3ccc(OC)cc3C2)n1. The molecule has 2 aromatic rings. The molecule has 1 aliphatic rings. The molecule has 0 radical (unpaired) electrons. The summed E-state index contributed by atoms with van der Waals surface area (Å²) < 4.78 is 16.5. The van der Waals surface area contributed by atoms with Crippen molar-refractivity contribution in [3.8, 4) is 11.5 Å². The fraction of sp³-hybridized carbons (Fsp3) is 0.500. The lowest BCUT2D eigenvalue weighted by atomic mass is 9.96. The number of likely N-dealkylation sites (N-methyl/N-ethyl adjacent to an activating group) is 1. The van der Waals surface area contributed by atoms with Gasteiger partial charge in [0, 0.05) is 12.5 Å². The molecule has 0 bridgehead atoms. The van der Waals surface area contributed by atoms with E-state index in [-0.39, 0.29) is 5.92 Å². The van der Waals surface area contributed by atoms with E-state index in [4.69, 9.17) is 14.0 Å². The predicted molar refractivity (Wildman–Crippen MR) is 81.5 cm³/mol. The van der Waals surface area contributed by atoms with Gasteiger partial charge in [0.1, 0.15) is 18.1 Å². The third kappa shape index (κ3) is 3.06. The molecule has 2 heterocycles. The molecule has 1 aliphatic heterocycles. The van der Waals surface area contributed by atoms with Crippen LogP contribution in [-0.2, 0) is 12.8 Å². The molecule has 3 rings (SSSR count). The largest absolute Gasteiger partial charge is 0.497 e. The number of aromatic nitrogens is 2. The average Bonchev–Trinajstić information content (AvgIpc) is 3.02. The Bertz CT molecular complexity index is 641. The Kier molecular flexibility index (Phi) is 4.29. The minimum atomic E-state index is 0.0887. The van der Waals surface area contributed by atoms with Gasteiger partial charge in [-0.25, -0.2) is 0 Å². The van der Waals surface area contributed by atoms with Crippen molar-refractivity contribution in [3.63, 3.8) is 0 Å². The highest BCUT2D eigenvalue weighted by Crippen LogP contribution is 2.34. The van der Waals surface area contributed by atoms with Gasteiger partial charge in [0.25, 0.3) is 0 Å². The van der Waals surface area contributed by atoms with Crippen LogP contribution in [0.4, 0.5) is 0 Å². The Labute approximate surface area is 129 Å². The van der Waals surface area contributed by atoms with E-state index in [1.165, 1.54) is 0 Å². The highest BCUT2D eigenvalue weighted by Gasteiger charge is 2.26. The molecule has 6 nitrogen and oxygen atoms in total. The second kappa shape index (κ2) is 6.36. The molecule has 2 unspecified atom stereocenters. The van der Waals surface area contributed by atoms with Gasteiger partial charge in [-0.1, -0.05) is 5.16 Å². The van der Waals surface area contributed by atoms with Gasteiger partial charge in [0.05, 0.1) is 13.0 Å². The molecule has 1 aromatic carbocycles. The van der Waals surface area contributed by atoms with Crippen molar-refractivity contribution >= 4 is 0 Å². The molecule has 22 heavy (non-hydrogen) atoms. The summed E-state index contributed by atoms with van der Waals surface area (Å²) >= 11 is 0. The van der Waals surface area contributed by atoms with E-state index in [2.05, 4.69) is 22.4 Å². The second-order valence-electron chi connectivity index (χ2n) is 5.63. The Hall–Kier alpha value is -2.08. The van der Waals surface area contributed by atoms with E-state index in [0.717, 1.165) is 35.7 Å². The molecule has 0 saturated carbocycles. The van der Waals surface area contributed by atoms with E-state index in [9.17, 15) is 0 Å². The summed E-state index contributed by atoms with van der Waals surface area (Å²) in [6.45, 7) is 2.64. The number of hydrogen-bond donors (Lipinski definition) is 1. The fourth-order valence-electron chi connectivity index (χ4n) is 2.55. The molecule has 0 saturated heterocycles. The maximum Gasteiger partial charge on any atom is 0.233 e. The van der Waals surface area contributed by atoms with E-state index in [1.54, 1.807) is 7.11 Å². The third-order valence-electron chi connectivity index (χ3n) is 3.99. The van der Waals surface area contributed by atoms with Gasteiger partial charge in [-0.3, -0.25) is 0 Å². The van der Waals surface area contributed by atoms with Crippen molar-refractivity contribution in [1.29, 1.82) is 0 Å². The highest BCUT2D eigenvalue weighted by atomic mass is 16.5. The van der Waals surface area contributed by atoms with Crippen molar-refractivity contribution in [1.82, 2.24) is 15.5 Å².